The zero-order chi connectivity index (χ0) is 26.9. The summed E-state index contributed by atoms with van der Waals surface area (Å²) in [6.07, 6.45) is 3.65. The largest absolute Gasteiger partial charge is 0.507 e. The highest BCUT2D eigenvalue weighted by Gasteiger charge is 2.57. The third kappa shape index (κ3) is 3.65. The molecule has 1 aliphatic heterocycles. The summed E-state index contributed by atoms with van der Waals surface area (Å²) in [7, 11) is 1.47. The van der Waals surface area contributed by atoms with Crippen molar-refractivity contribution in [2.24, 2.45) is 17.8 Å². The number of halogens is 2. The van der Waals surface area contributed by atoms with Crippen LogP contribution < -0.4 is 9.64 Å². The monoisotopic (exact) mass is 685 g/mol. The Bertz CT molecular complexity index is 1540. The fraction of sp³-hybridized carbons (Fsp3) is 0.241. The van der Waals surface area contributed by atoms with Crippen molar-refractivity contribution in [1.29, 1.82) is 0 Å². The summed E-state index contributed by atoms with van der Waals surface area (Å²) in [5.74, 6) is -3.49. The van der Waals surface area contributed by atoms with Gasteiger partial charge in [-0.15, -0.1) is 0 Å². The lowest BCUT2D eigenvalue weighted by Crippen LogP contribution is -2.39. The topological polar surface area (TPSA) is 101 Å². The summed E-state index contributed by atoms with van der Waals surface area (Å²) >= 11 is 5.39. The Morgan fingerprint density at radius 3 is 2.47 bits per heavy atom. The number of ketones is 2. The van der Waals surface area contributed by atoms with Crippen molar-refractivity contribution in [1.82, 2.24) is 0 Å². The SMILES string of the molecule is COc1cccc(O)c1C1C2=CCC3C(=O)N(c4ccc(I)cc4)C(=O)C3C2CC2=C1C(=O)C=C(Br)C2=O. The zero-order valence-electron chi connectivity index (χ0n) is 20.1. The summed E-state index contributed by atoms with van der Waals surface area (Å²) in [6, 6.07) is 12.0. The molecule has 0 radical (unpaired) electrons. The van der Waals surface area contributed by atoms with Crippen LogP contribution in [-0.4, -0.2) is 35.6 Å². The Morgan fingerprint density at radius 1 is 1.03 bits per heavy atom. The van der Waals surface area contributed by atoms with Crippen molar-refractivity contribution in [3.8, 4) is 11.5 Å². The van der Waals surface area contributed by atoms with Crippen molar-refractivity contribution in [2.75, 3.05) is 12.0 Å². The molecule has 4 atom stereocenters. The van der Waals surface area contributed by atoms with E-state index in [-0.39, 0.29) is 45.6 Å². The number of carbonyl (C=O) groups is 4. The maximum absolute atomic E-state index is 13.9. The minimum Gasteiger partial charge on any atom is -0.507 e. The Balaban J connectivity index is 1.52. The molecule has 2 amide bonds. The van der Waals surface area contributed by atoms with Gasteiger partial charge in [0.05, 0.1) is 29.1 Å². The number of rotatable bonds is 3. The van der Waals surface area contributed by atoms with E-state index in [1.54, 1.807) is 24.3 Å². The number of Topliss-reactive ketones (excluding diaryl/α,β-unsaturated/α-hetero) is 1. The van der Waals surface area contributed by atoms with Gasteiger partial charge in [0.25, 0.3) is 0 Å². The summed E-state index contributed by atoms with van der Waals surface area (Å²) in [6.45, 7) is 0. The average molecular weight is 686 g/mol. The number of nitrogens with zero attached hydrogens (tertiary/aromatic N) is 1. The minimum absolute atomic E-state index is 0.0759. The molecule has 192 valence electrons. The second-order valence-electron chi connectivity index (χ2n) is 9.77. The van der Waals surface area contributed by atoms with Gasteiger partial charge in [0, 0.05) is 32.3 Å². The molecule has 4 unspecified atom stereocenters. The van der Waals surface area contributed by atoms with Gasteiger partial charge in [-0.25, -0.2) is 0 Å². The van der Waals surface area contributed by atoms with E-state index in [0.717, 1.165) is 9.14 Å². The highest BCUT2D eigenvalue weighted by Crippen LogP contribution is 2.57. The highest BCUT2D eigenvalue weighted by atomic mass is 127. The molecule has 9 heteroatoms. The van der Waals surface area contributed by atoms with Gasteiger partial charge in [0.15, 0.2) is 11.6 Å². The number of imide groups is 1. The molecule has 7 nitrogen and oxygen atoms in total. The van der Waals surface area contributed by atoms with Gasteiger partial charge in [-0.2, -0.15) is 0 Å². The molecule has 1 N–H and O–H groups in total. The van der Waals surface area contributed by atoms with E-state index in [0.29, 0.717) is 29.0 Å². The number of fused-ring (bicyclic) bond motifs is 3. The summed E-state index contributed by atoms with van der Waals surface area (Å²) in [4.78, 5) is 55.4. The average Bonchev–Trinajstić information content (AvgIpc) is 3.16. The maximum Gasteiger partial charge on any atom is 0.238 e. The van der Waals surface area contributed by atoms with Gasteiger partial charge >= 0.3 is 0 Å². The predicted octanol–water partition coefficient (Wildman–Crippen LogP) is 4.97. The van der Waals surface area contributed by atoms with Crippen LogP contribution in [-0.2, 0) is 19.2 Å². The lowest BCUT2D eigenvalue weighted by Gasteiger charge is -2.42. The van der Waals surface area contributed by atoms with Gasteiger partial charge < -0.3 is 9.84 Å². The fourth-order valence-electron chi connectivity index (χ4n) is 6.38. The number of phenolic OH excluding ortho intramolecular Hbond substituents is 1. The maximum atomic E-state index is 13.9. The number of allylic oxidation sites excluding steroid dienone is 6. The number of ether oxygens (including phenoxy) is 1. The highest BCUT2D eigenvalue weighted by molar-refractivity contribution is 14.1. The van der Waals surface area contributed by atoms with Gasteiger partial charge in [0.2, 0.25) is 11.8 Å². The van der Waals surface area contributed by atoms with Gasteiger partial charge in [-0.05, 0) is 93.7 Å². The number of phenols is 1. The standard InChI is InChI=1S/C29H21BrINO6/c1-38-22-4-2-3-20(33)26(22)25-15-9-10-16-23(17(15)11-18-24(25)21(34)12-19(30)27(18)35)29(37)32(28(16)36)14-7-5-13(31)6-8-14/h2-9,12,16-17,23,25,33H,10-11H2,1H3. The lowest BCUT2D eigenvalue weighted by molar-refractivity contribution is -0.123. The first-order valence-corrected chi connectivity index (χ1v) is 14.0. The Labute approximate surface area is 240 Å². The van der Waals surface area contributed by atoms with E-state index >= 15 is 0 Å². The van der Waals surface area contributed by atoms with Gasteiger partial charge in [-0.1, -0.05) is 17.7 Å². The molecule has 1 saturated heterocycles. The number of amides is 2. The molecule has 0 saturated carbocycles. The molecule has 38 heavy (non-hydrogen) atoms. The van der Waals surface area contributed by atoms with E-state index in [1.165, 1.54) is 24.2 Å². The predicted molar refractivity (Wildman–Crippen MR) is 151 cm³/mol. The van der Waals surface area contributed by atoms with E-state index in [4.69, 9.17) is 4.74 Å². The van der Waals surface area contributed by atoms with Crippen molar-refractivity contribution >= 4 is 67.6 Å². The molecule has 0 bridgehead atoms. The van der Waals surface area contributed by atoms with Crippen LogP contribution in [0.5, 0.6) is 11.5 Å². The molecule has 2 aromatic carbocycles. The first-order chi connectivity index (χ1) is 18.2. The number of hydrogen-bond donors (Lipinski definition) is 1. The Hall–Kier alpha value is -3.05. The van der Waals surface area contributed by atoms with Crippen LogP contribution in [0.15, 0.2) is 75.8 Å². The summed E-state index contributed by atoms with van der Waals surface area (Å²) < 4.78 is 6.71. The minimum atomic E-state index is -0.788. The van der Waals surface area contributed by atoms with E-state index in [2.05, 4.69) is 38.5 Å². The molecular formula is C29H21BrINO6. The lowest BCUT2D eigenvalue weighted by atomic mass is 9.59. The van der Waals surface area contributed by atoms with Crippen LogP contribution in [0.3, 0.4) is 0 Å². The van der Waals surface area contributed by atoms with Crippen LogP contribution in [0.25, 0.3) is 0 Å². The number of carbonyl (C=O) groups excluding carboxylic acids is 4. The normalized spacial score (nSPS) is 26.6. The molecular weight excluding hydrogens is 665 g/mol. The first kappa shape index (κ1) is 25.2. The molecule has 0 aromatic heterocycles. The zero-order valence-corrected chi connectivity index (χ0v) is 23.9. The quantitative estimate of drug-likeness (QED) is 0.212. The molecule has 1 heterocycles. The second kappa shape index (κ2) is 9.30. The van der Waals surface area contributed by atoms with E-state index in [9.17, 15) is 24.3 Å². The number of hydrogen-bond acceptors (Lipinski definition) is 6. The molecule has 1 fully saturated rings. The molecule has 0 spiro atoms. The summed E-state index contributed by atoms with van der Waals surface area (Å²) in [5.41, 5.74) is 2.22. The van der Waals surface area contributed by atoms with Crippen LogP contribution >= 0.6 is 38.5 Å². The fourth-order valence-corrected chi connectivity index (χ4v) is 7.19. The molecule has 6 rings (SSSR count). The number of benzene rings is 2. The van der Waals surface area contributed by atoms with Crippen LogP contribution in [0.4, 0.5) is 5.69 Å². The van der Waals surface area contributed by atoms with Crippen LogP contribution in [0.2, 0.25) is 0 Å². The van der Waals surface area contributed by atoms with Crippen molar-refractivity contribution in [3.05, 3.63) is 85.0 Å². The second-order valence-corrected chi connectivity index (χ2v) is 11.9. The van der Waals surface area contributed by atoms with Crippen molar-refractivity contribution < 1.29 is 29.0 Å². The van der Waals surface area contributed by atoms with Crippen LogP contribution in [0, 0.1) is 21.3 Å². The van der Waals surface area contributed by atoms with Gasteiger partial charge in [0.1, 0.15) is 11.5 Å². The van der Waals surface area contributed by atoms with Crippen molar-refractivity contribution in [2.45, 2.75) is 18.8 Å². The Kier molecular flexibility index (Phi) is 6.18. The summed E-state index contributed by atoms with van der Waals surface area (Å²) in [5, 5.41) is 11.0. The number of methoxy groups -OCH3 is 1. The smallest absolute Gasteiger partial charge is 0.238 e. The number of aromatic hydroxyl groups is 1. The van der Waals surface area contributed by atoms with Crippen molar-refractivity contribution in [3.63, 3.8) is 0 Å². The third-order valence-corrected chi connectivity index (χ3v) is 9.28. The van der Waals surface area contributed by atoms with Crippen LogP contribution in [0.1, 0.15) is 24.3 Å². The third-order valence-electron chi connectivity index (χ3n) is 7.97. The van der Waals surface area contributed by atoms with E-state index in [1.807, 2.05) is 18.2 Å². The van der Waals surface area contributed by atoms with Gasteiger partial charge in [-0.3, -0.25) is 24.1 Å². The molecule has 3 aliphatic carbocycles. The first-order valence-electron chi connectivity index (χ1n) is 12.1. The molecule has 4 aliphatic rings. The molecule has 2 aromatic rings. The van der Waals surface area contributed by atoms with E-state index < -0.39 is 23.7 Å². The number of anilines is 1. The Morgan fingerprint density at radius 2 is 1.76 bits per heavy atom.